The highest BCUT2D eigenvalue weighted by Crippen LogP contribution is 2.51. The summed E-state index contributed by atoms with van der Waals surface area (Å²) in [6, 6.07) is 6.31. The molecule has 0 N–H and O–H groups in total. The van der Waals surface area contributed by atoms with Crippen molar-refractivity contribution < 1.29 is 15.4 Å². The van der Waals surface area contributed by atoms with Gasteiger partial charge in [-0.2, -0.15) is 0 Å². The Labute approximate surface area is 161 Å². The van der Waals surface area contributed by atoms with Crippen molar-refractivity contribution in [1.29, 1.82) is 0 Å². The molecule has 2 aromatic heterocycles. The summed E-state index contributed by atoms with van der Waals surface area (Å²) < 4.78 is 73.6. The highest BCUT2D eigenvalue weighted by Gasteiger charge is 2.49. The van der Waals surface area contributed by atoms with Gasteiger partial charge in [0.25, 0.3) is 0 Å². The van der Waals surface area contributed by atoms with Crippen LogP contribution >= 0.6 is 0 Å². The second-order valence-corrected chi connectivity index (χ2v) is 7.55. The van der Waals surface area contributed by atoms with E-state index in [1.165, 1.54) is 6.92 Å². The molecule has 3 heterocycles. The minimum Gasteiger partial charge on any atom is -0.436 e. The topological polar surface area (TPSA) is 29.3 Å². The maximum Gasteiger partial charge on any atom is 0.227 e. The molecular weight excluding hydrogens is 308 g/mol. The number of aromatic nitrogens is 1. The van der Waals surface area contributed by atoms with E-state index in [4.69, 9.17) is 15.4 Å². The maximum absolute atomic E-state index is 8.99. The Bertz CT molecular complexity index is 1240. The first kappa shape index (κ1) is 9.61. The lowest BCUT2D eigenvalue weighted by Crippen LogP contribution is -2.43. The van der Waals surface area contributed by atoms with Crippen LogP contribution in [0.4, 0.5) is 5.69 Å². The molecule has 4 rings (SSSR count). The molecule has 0 spiro atoms. The predicted molar refractivity (Wildman–Crippen MR) is 105 cm³/mol. The first-order valence-corrected chi connectivity index (χ1v) is 8.50. The SMILES string of the molecule is [2H]C([2H])([2H])C1(C([2H])([2H])[2H])[C@H](C)N(c2c(C)ccc3c2oc2nc(C)ccc23)C(C)(C)C1([2H])[2H]. The number of pyridine rings is 1. The zero-order valence-corrected chi connectivity index (χ0v) is 15.2. The van der Waals surface area contributed by atoms with Crippen LogP contribution in [0.5, 0.6) is 0 Å². The van der Waals surface area contributed by atoms with Crippen LogP contribution in [-0.2, 0) is 0 Å². The number of hydrogen-bond acceptors (Lipinski definition) is 3. The van der Waals surface area contributed by atoms with Crippen LogP contribution < -0.4 is 4.90 Å². The van der Waals surface area contributed by atoms with Gasteiger partial charge in [-0.25, -0.2) is 4.98 Å². The molecule has 1 aliphatic rings. The van der Waals surface area contributed by atoms with Crippen LogP contribution in [0, 0.1) is 19.3 Å². The summed E-state index contributed by atoms with van der Waals surface area (Å²) in [6.07, 6.45) is -2.61. The van der Waals surface area contributed by atoms with E-state index in [2.05, 4.69) is 4.98 Å². The molecule has 3 heteroatoms. The van der Waals surface area contributed by atoms with Crippen LogP contribution in [0.2, 0.25) is 0 Å². The van der Waals surface area contributed by atoms with Crippen LogP contribution in [0.15, 0.2) is 28.7 Å². The third-order valence-electron chi connectivity index (χ3n) is 5.18. The Kier molecular flexibility index (Phi) is 1.92. The molecule has 25 heavy (non-hydrogen) atoms. The number of anilines is 1. The molecule has 1 fully saturated rings. The normalized spacial score (nSPS) is 30.0. The number of rotatable bonds is 1. The lowest BCUT2D eigenvalue weighted by Gasteiger charge is -2.38. The van der Waals surface area contributed by atoms with E-state index < -0.39 is 37.1 Å². The molecule has 0 saturated carbocycles. The minimum absolute atomic E-state index is 0.419. The van der Waals surface area contributed by atoms with Gasteiger partial charge in [0.2, 0.25) is 5.71 Å². The van der Waals surface area contributed by atoms with E-state index >= 15 is 0 Å². The molecule has 0 bridgehead atoms. The van der Waals surface area contributed by atoms with Gasteiger partial charge in [0, 0.05) is 39.0 Å². The standard InChI is InChI=1S/C22H28N2O/c1-13-8-10-16-17-11-9-14(2)23-20(17)25-19(16)18(13)24-15(3)21(4,5)12-22(24,6)7/h8-11,15H,12H2,1-7H3/t15-/m0/s1/i4D3,5D3,12D2. The summed E-state index contributed by atoms with van der Waals surface area (Å²) in [5.41, 5.74) is -1.29. The summed E-state index contributed by atoms with van der Waals surface area (Å²) >= 11 is 0. The fraction of sp³-hybridized carbons (Fsp3) is 0.500. The van der Waals surface area contributed by atoms with Gasteiger partial charge in [-0.15, -0.1) is 0 Å². The number of benzene rings is 1. The van der Waals surface area contributed by atoms with Gasteiger partial charge in [0.1, 0.15) is 0 Å². The molecule has 0 unspecified atom stereocenters. The molecule has 1 aromatic carbocycles. The predicted octanol–water partition coefficient (Wildman–Crippen LogP) is 6.00. The second kappa shape index (κ2) is 5.00. The van der Waals surface area contributed by atoms with Crippen LogP contribution in [0.3, 0.4) is 0 Å². The summed E-state index contributed by atoms with van der Waals surface area (Å²) in [7, 11) is 0. The third kappa shape index (κ3) is 2.28. The highest BCUT2D eigenvalue weighted by atomic mass is 16.3. The van der Waals surface area contributed by atoms with E-state index in [9.17, 15) is 0 Å². The summed E-state index contributed by atoms with van der Waals surface area (Å²) in [4.78, 5) is 6.07. The Balaban J connectivity index is 2.12. The van der Waals surface area contributed by atoms with Crippen molar-refractivity contribution in [3.05, 3.63) is 35.5 Å². The number of fused-ring (bicyclic) bond motifs is 3. The number of nitrogens with zero attached hydrogens (tertiary/aromatic N) is 2. The van der Waals surface area contributed by atoms with E-state index in [1.807, 2.05) is 38.1 Å². The molecule has 3 nitrogen and oxygen atoms in total. The van der Waals surface area contributed by atoms with Gasteiger partial charge in [0.05, 0.1) is 5.69 Å². The van der Waals surface area contributed by atoms with Crippen molar-refractivity contribution in [2.24, 2.45) is 5.41 Å². The van der Waals surface area contributed by atoms with E-state index in [1.54, 1.807) is 18.7 Å². The number of furan rings is 1. The molecule has 0 aliphatic carbocycles. The Morgan fingerprint density at radius 1 is 1.20 bits per heavy atom. The Morgan fingerprint density at radius 3 is 2.60 bits per heavy atom. The monoisotopic (exact) mass is 344 g/mol. The second-order valence-electron chi connectivity index (χ2n) is 7.55. The first-order chi connectivity index (χ1) is 14.9. The van der Waals surface area contributed by atoms with Crippen molar-refractivity contribution in [3.8, 4) is 0 Å². The van der Waals surface area contributed by atoms with Gasteiger partial charge in [-0.1, -0.05) is 25.8 Å². The lowest BCUT2D eigenvalue weighted by molar-refractivity contribution is 0.329. The van der Waals surface area contributed by atoms with Gasteiger partial charge in [-0.3, -0.25) is 0 Å². The highest BCUT2D eigenvalue weighted by molar-refractivity contribution is 6.08. The fourth-order valence-corrected chi connectivity index (χ4v) is 3.99. The molecule has 0 radical (unpaired) electrons. The van der Waals surface area contributed by atoms with Crippen molar-refractivity contribution >= 4 is 27.8 Å². The average molecular weight is 345 g/mol. The molecule has 1 aliphatic heterocycles. The van der Waals surface area contributed by atoms with Crippen LogP contribution in [0.25, 0.3) is 22.1 Å². The van der Waals surface area contributed by atoms with E-state index in [0.717, 1.165) is 22.0 Å². The zero-order chi connectivity index (χ0) is 24.9. The van der Waals surface area contributed by atoms with E-state index in [-0.39, 0.29) is 0 Å². The average Bonchev–Trinajstić information content (AvgIpc) is 3.03. The molecule has 0 amide bonds. The molecule has 1 atom stereocenters. The van der Waals surface area contributed by atoms with Crippen molar-refractivity contribution in [1.82, 2.24) is 4.98 Å². The van der Waals surface area contributed by atoms with Gasteiger partial charge in [0.15, 0.2) is 5.58 Å². The van der Waals surface area contributed by atoms with Crippen LogP contribution in [-0.4, -0.2) is 16.6 Å². The van der Waals surface area contributed by atoms with Gasteiger partial charge < -0.3 is 9.32 Å². The fourth-order valence-electron chi connectivity index (χ4n) is 3.99. The van der Waals surface area contributed by atoms with Gasteiger partial charge in [-0.05, 0) is 64.1 Å². The lowest BCUT2D eigenvalue weighted by atomic mass is 9.82. The maximum atomic E-state index is 8.99. The molecule has 3 aromatic rings. The molecule has 1 saturated heterocycles. The number of hydrogen-bond donors (Lipinski definition) is 0. The first-order valence-electron chi connectivity index (χ1n) is 12.5. The van der Waals surface area contributed by atoms with E-state index in [0.29, 0.717) is 17.0 Å². The smallest absolute Gasteiger partial charge is 0.227 e. The quantitative estimate of drug-likeness (QED) is 0.542. The third-order valence-corrected chi connectivity index (χ3v) is 5.18. The summed E-state index contributed by atoms with van der Waals surface area (Å²) in [5, 5.41) is 1.53. The Hall–Kier alpha value is -2.03. The van der Waals surface area contributed by atoms with Crippen molar-refractivity contribution in [2.75, 3.05) is 4.90 Å². The Morgan fingerprint density at radius 2 is 1.92 bits per heavy atom. The van der Waals surface area contributed by atoms with Gasteiger partial charge >= 0.3 is 0 Å². The molecular formula is C22H28N2O. The minimum atomic E-state index is -3.10. The molecule has 132 valence electrons. The van der Waals surface area contributed by atoms with Crippen molar-refractivity contribution in [2.45, 2.75) is 66.3 Å². The summed E-state index contributed by atoms with van der Waals surface area (Å²) in [6.45, 7) is 2.10. The van der Waals surface area contributed by atoms with Crippen molar-refractivity contribution in [3.63, 3.8) is 0 Å². The largest absolute Gasteiger partial charge is 0.436 e. The summed E-state index contributed by atoms with van der Waals surface area (Å²) in [5.74, 6) is 0. The van der Waals surface area contributed by atoms with Crippen LogP contribution in [0.1, 0.15) is 63.1 Å². The number of aryl methyl sites for hydroxylation is 2. The zero-order valence-electron chi connectivity index (χ0n) is 23.2.